The van der Waals surface area contributed by atoms with E-state index in [0.717, 1.165) is 6.07 Å². The van der Waals surface area contributed by atoms with Crippen LogP contribution in [0.5, 0.6) is 0 Å². The van der Waals surface area contributed by atoms with Gasteiger partial charge in [-0.2, -0.15) is 0 Å². The van der Waals surface area contributed by atoms with Crippen LogP contribution in [0.2, 0.25) is 5.15 Å². The Morgan fingerprint density at radius 2 is 2.18 bits per heavy atom. The number of aromatic nitrogens is 1. The van der Waals surface area contributed by atoms with Crippen molar-refractivity contribution in [1.29, 1.82) is 0 Å². The van der Waals surface area contributed by atoms with Gasteiger partial charge in [-0.3, -0.25) is 0 Å². The zero-order chi connectivity index (χ0) is 12.3. The summed E-state index contributed by atoms with van der Waals surface area (Å²) >= 11 is 5.53. The number of ether oxygens (including phenoxy) is 1. The fourth-order valence-electron chi connectivity index (χ4n) is 1.52. The Morgan fingerprint density at radius 1 is 1.47 bits per heavy atom. The molecular weight excluding hydrogens is 245 g/mol. The molecule has 0 atom stereocenters. The summed E-state index contributed by atoms with van der Waals surface area (Å²) in [7, 11) is 0. The van der Waals surface area contributed by atoms with Gasteiger partial charge >= 0.3 is 0 Å². The molecule has 0 saturated carbocycles. The molecule has 0 spiro atoms. The van der Waals surface area contributed by atoms with Crippen molar-refractivity contribution >= 4 is 11.6 Å². The molecule has 0 amide bonds. The van der Waals surface area contributed by atoms with E-state index in [0.29, 0.717) is 26.1 Å². The predicted octanol–water partition coefficient (Wildman–Crippen LogP) is 1.77. The van der Waals surface area contributed by atoms with Crippen LogP contribution in [0.15, 0.2) is 12.3 Å². The molecule has 1 aliphatic heterocycles. The number of aliphatic hydroxyl groups is 1. The van der Waals surface area contributed by atoms with Crippen molar-refractivity contribution in [3.63, 3.8) is 0 Å². The monoisotopic (exact) mass is 255 g/mol. The van der Waals surface area contributed by atoms with E-state index in [1.807, 2.05) is 0 Å². The third kappa shape index (κ3) is 3.16. The van der Waals surface area contributed by atoms with Crippen LogP contribution in [0.3, 0.4) is 0 Å². The van der Waals surface area contributed by atoms with Crippen LogP contribution in [-0.2, 0) is 4.74 Å². The number of pyridine rings is 1. The van der Waals surface area contributed by atoms with E-state index in [9.17, 15) is 9.50 Å². The molecule has 1 aromatic heterocycles. The maximum atomic E-state index is 13.4. The highest BCUT2D eigenvalue weighted by Gasteiger charge is 2.27. The summed E-state index contributed by atoms with van der Waals surface area (Å²) in [5, 5.41) is 10.1. The Hall–Kier alpha value is -1.15. The van der Waals surface area contributed by atoms with E-state index in [1.54, 1.807) is 0 Å². The van der Waals surface area contributed by atoms with Crippen LogP contribution in [0.25, 0.3) is 0 Å². The van der Waals surface area contributed by atoms with E-state index in [2.05, 4.69) is 16.8 Å². The molecule has 1 N–H and O–H groups in total. The molecule has 3 nitrogen and oxygen atoms in total. The van der Waals surface area contributed by atoms with Crippen LogP contribution in [-0.4, -0.2) is 28.9 Å². The van der Waals surface area contributed by atoms with Crippen molar-refractivity contribution in [1.82, 2.24) is 4.98 Å². The van der Waals surface area contributed by atoms with Gasteiger partial charge < -0.3 is 9.84 Å². The Bertz CT molecular complexity index is 475. The SMILES string of the molecule is OC1(C#Cc2cnc(Cl)cc2F)CCOCC1. The van der Waals surface area contributed by atoms with Crippen LogP contribution >= 0.6 is 11.6 Å². The third-order valence-electron chi connectivity index (χ3n) is 2.57. The summed E-state index contributed by atoms with van der Waals surface area (Å²) in [5.41, 5.74) is -0.959. The van der Waals surface area contributed by atoms with Crippen molar-refractivity contribution in [2.45, 2.75) is 18.4 Å². The maximum Gasteiger partial charge on any atom is 0.143 e. The van der Waals surface area contributed by atoms with Crippen LogP contribution in [0.1, 0.15) is 18.4 Å². The summed E-state index contributed by atoms with van der Waals surface area (Å²) in [6.45, 7) is 0.930. The predicted molar refractivity (Wildman–Crippen MR) is 61.1 cm³/mol. The average Bonchev–Trinajstić information content (AvgIpc) is 2.29. The molecule has 2 rings (SSSR count). The van der Waals surface area contributed by atoms with Crippen molar-refractivity contribution in [3.05, 3.63) is 28.8 Å². The molecule has 2 heterocycles. The van der Waals surface area contributed by atoms with Gasteiger partial charge in [-0.25, -0.2) is 9.37 Å². The molecular formula is C12H11ClFNO2. The van der Waals surface area contributed by atoms with E-state index in [-0.39, 0.29) is 10.7 Å². The van der Waals surface area contributed by atoms with Gasteiger partial charge in [0.05, 0.1) is 18.8 Å². The first-order chi connectivity index (χ1) is 8.09. The first-order valence-corrected chi connectivity index (χ1v) is 5.61. The molecule has 5 heteroatoms. The lowest BCUT2D eigenvalue weighted by molar-refractivity contribution is -0.0261. The molecule has 1 saturated heterocycles. The second-order valence-corrected chi connectivity index (χ2v) is 4.27. The highest BCUT2D eigenvalue weighted by molar-refractivity contribution is 6.29. The number of halogens is 2. The van der Waals surface area contributed by atoms with Crippen molar-refractivity contribution < 1.29 is 14.2 Å². The highest BCUT2D eigenvalue weighted by Crippen LogP contribution is 2.19. The van der Waals surface area contributed by atoms with Crippen LogP contribution < -0.4 is 0 Å². The van der Waals surface area contributed by atoms with Gasteiger partial charge in [0.2, 0.25) is 0 Å². The Morgan fingerprint density at radius 3 is 2.82 bits per heavy atom. The molecule has 0 aromatic carbocycles. The Balaban J connectivity index is 2.20. The van der Waals surface area contributed by atoms with Gasteiger partial charge in [0, 0.05) is 25.1 Å². The molecule has 0 aliphatic carbocycles. The first kappa shape index (κ1) is 12.3. The minimum Gasteiger partial charge on any atom is -0.381 e. The second-order valence-electron chi connectivity index (χ2n) is 3.88. The summed E-state index contributed by atoms with van der Waals surface area (Å²) in [4.78, 5) is 3.74. The lowest BCUT2D eigenvalue weighted by Crippen LogP contribution is -2.34. The standard InChI is InChI=1S/C12H11ClFNO2/c13-11-7-10(14)9(8-15-11)1-2-12(16)3-5-17-6-4-12/h7-8,16H,3-6H2. The van der Waals surface area contributed by atoms with E-state index in [4.69, 9.17) is 16.3 Å². The quantitative estimate of drug-likeness (QED) is 0.568. The Kier molecular flexibility index (Phi) is 3.63. The summed E-state index contributed by atoms with van der Waals surface area (Å²) in [5.74, 6) is 4.74. The van der Waals surface area contributed by atoms with E-state index >= 15 is 0 Å². The molecule has 90 valence electrons. The molecule has 0 bridgehead atoms. The molecule has 1 aliphatic rings. The molecule has 17 heavy (non-hydrogen) atoms. The zero-order valence-corrected chi connectivity index (χ0v) is 9.80. The first-order valence-electron chi connectivity index (χ1n) is 5.23. The van der Waals surface area contributed by atoms with E-state index in [1.165, 1.54) is 6.20 Å². The van der Waals surface area contributed by atoms with Gasteiger partial charge in [-0.05, 0) is 0 Å². The number of rotatable bonds is 0. The summed E-state index contributed by atoms with van der Waals surface area (Å²) in [6.07, 6.45) is 2.12. The molecule has 0 unspecified atom stereocenters. The molecule has 1 aromatic rings. The van der Waals surface area contributed by atoms with Gasteiger partial charge in [0.1, 0.15) is 16.6 Å². The van der Waals surface area contributed by atoms with E-state index < -0.39 is 11.4 Å². The number of hydrogen-bond donors (Lipinski definition) is 1. The van der Waals surface area contributed by atoms with Gasteiger partial charge in [0.25, 0.3) is 0 Å². The Labute approximate surface area is 104 Å². The normalized spacial score (nSPS) is 18.3. The number of nitrogens with zero attached hydrogens (tertiary/aromatic N) is 1. The maximum absolute atomic E-state index is 13.4. The number of hydrogen-bond acceptors (Lipinski definition) is 3. The minimum atomic E-state index is -1.09. The topological polar surface area (TPSA) is 42.4 Å². The second kappa shape index (κ2) is 5.01. The van der Waals surface area contributed by atoms with Crippen LogP contribution in [0, 0.1) is 17.7 Å². The summed E-state index contributed by atoms with van der Waals surface area (Å²) in [6, 6.07) is 1.10. The fourth-order valence-corrected chi connectivity index (χ4v) is 1.66. The highest BCUT2D eigenvalue weighted by atomic mass is 35.5. The van der Waals surface area contributed by atoms with Gasteiger partial charge in [-0.15, -0.1) is 0 Å². The smallest absolute Gasteiger partial charge is 0.143 e. The minimum absolute atomic E-state index is 0.0813. The lowest BCUT2D eigenvalue weighted by atomic mass is 9.95. The van der Waals surface area contributed by atoms with Gasteiger partial charge in [0.15, 0.2) is 0 Å². The van der Waals surface area contributed by atoms with Crippen LogP contribution in [0.4, 0.5) is 4.39 Å². The largest absolute Gasteiger partial charge is 0.381 e. The van der Waals surface area contributed by atoms with Gasteiger partial charge in [-0.1, -0.05) is 23.4 Å². The molecule has 0 radical (unpaired) electrons. The fraction of sp³-hybridized carbons (Fsp3) is 0.417. The summed E-state index contributed by atoms with van der Waals surface area (Å²) < 4.78 is 18.5. The van der Waals surface area contributed by atoms with Crippen molar-refractivity contribution in [3.8, 4) is 11.8 Å². The lowest BCUT2D eigenvalue weighted by Gasteiger charge is -2.26. The average molecular weight is 256 g/mol. The zero-order valence-electron chi connectivity index (χ0n) is 9.04. The third-order valence-corrected chi connectivity index (χ3v) is 2.78. The van der Waals surface area contributed by atoms with Crippen molar-refractivity contribution in [2.24, 2.45) is 0 Å². The van der Waals surface area contributed by atoms with Crippen molar-refractivity contribution in [2.75, 3.05) is 13.2 Å². The molecule has 1 fully saturated rings.